The molecular weight excluding hydrogens is 372 g/mol. The molecule has 1 aromatic heterocycles. The number of hydrogen-bond donors (Lipinski definition) is 0. The Morgan fingerprint density at radius 2 is 1.87 bits per heavy atom. The minimum absolute atomic E-state index is 0.152. The smallest absolute Gasteiger partial charge is 0.255 e. The van der Waals surface area contributed by atoms with E-state index in [0.717, 1.165) is 60.8 Å². The monoisotopic (exact) mass is 396 g/mol. The molecule has 3 aromatic rings. The van der Waals surface area contributed by atoms with Crippen molar-refractivity contribution in [2.24, 2.45) is 4.99 Å². The van der Waals surface area contributed by atoms with Gasteiger partial charge in [0.05, 0.1) is 29.5 Å². The Bertz CT molecular complexity index is 1190. The van der Waals surface area contributed by atoms with Gasteiger partial charge in [-0.1, -0.05) is 24.3 Å². The van der Waals surface area contributed by atoms with Gasteiger partial charge in [-0.25, -0.2) is 4.68 Å². The van der Waals surface area contributed by atoms with Gasteiger partial charge in [0.15, 0.2) is 0 Å². The predicted octanol–water partition coefficient (Wildman–Crippen LogP) is 4.56. The number of hydrogen-bond acceptors (Lipinski definition) is 3. The van der Waals surface area contributed by atoms with Crippen molar-refractivity contribution in [2.75, 3.05) is 6.54 Å². The normalized spacial score (nSPS) is 20.6. The Balaban J connectivity index is 1.37. The molecule has 1 saturated carbocycles. The van der Waals surface area contributed by atoms with Crippen LogP contribution < -0.4 is 0 Å². The van der Waals surface area contributed by atoms with E-state index >= 15 is 0 Å². The van der Waals surface area contributed by atoms with Crippen molar-refractivity contribution in [1.82, 2.24) is 14.7 Å². The second-order valence-electron chi connectivity index (χ2n) is 8.57. The third-order valence-electron chi connectivity index (χ3n) is 6.63. The van der Waals surface area contributed by atoms with Gasteiger partial charge in [-0.05, 0) is 67.5 Å². The number of carbonyl (C=O) groups excluding carboxylic acids is 1. The van der Waals surface area contributed by atoms with E-state index in [1.54, 1.807) is 0 Å². The first-order valence-electron chi connectivity index (χ1n) is 10.8. The number of nitrogens with zero attached hydrogens (tertiary/aromatic N) is 4. The Hall–Kier alpha value is -3.21. The molecule has 3 aliphatic rings. The second-order valence-corrected chi connectivity index (χ2v) is 8.57. The standard InChI is InChI=1S/C25H24N4O/c30-25(28(19-11-12-19)21-10-9-17-14-26-15-18(17)13-21)22-7-4-8-24-23(22)16-27-29(24)20-5-2-1-3-6-20/h1-8,15-16,19,21H,9-14H2. The molecule has 30 heavy (non-hydrogen) atoms. The number of fused-ring (bicyclic) bond motifs is 1. The van der Waals surface area contributed by atoms with Crippen molar-refractivity contribution in [2.45, 2.75) is 44.2 Å². The Morgan fingerprint density at radius 3 is 2.70 bits per heavy atom. The average Bonchev–Trinajstić information content (AvgIpc) is 3.34. The quantitative estimate of drug-likeness (QED) is 0.649. The van der Waals surface area contributed by atoms with E-state index < -0.39 is 0 Å². The van der Waals surface area contributed by atoms with Crippen LogP contribution in [0.2, 0.25) is 0 Å². The average molecular weight is 396 g/mol. The van der Waals surface area contributed by atoms with Gasteiger partial charge < -0.3 is 4.90 Å². The van der Waals surface area contributed by atoms with Crippen molar-refractivity contribution in [1.29, 1.82) is 0 Å². The maximum Gasteiger partial charge on any atom is 0.255 e. The molecule has 150 valence electrons. The summed E-state index contributed by atoms with van der Waals surface area (Å²) in [6.07, 6.45) is 9.15. The van der Waals surface area contributed by atoms with Crippen molar-refractivity contribution >= 4 is 23.0 Å². The highest BCUT2D eigenvalue weighted by Crippen LogP contribution is 2.38. The maximum absolute atomic E-state index is 13.8. The number of aromatic nitrogens is 2. The van der Waals surface area contributed by atoms with Crippen LogP contribution >= 0.6 is 0 Å². The van der Waals surface area contributed by atoms with Gasteiger partial charge in [0.25, 0.3) is 5.91 Å². The first kappa shape index (κ1) is 17.6. The van der Waals surface area contributed by atoms with Crippen LogP contribution in [0.25, 0.3) is 16.6 Å². The molecule has 1 unspecified atom stereocenters. The largest absolute Gasteiger partial charge is 0.332 e. The van der Waals surface area contributed by atoms with E-state index in [9.17, 15) is 4.79 Å². The van der Waals surface area contributed by atoms with Gasteiger partial charge >= 0.3 is 0 Å². The molecule has 0 radical (unpaired) electrons. The number of rotatable bonds is 4. The van der Waals surface area contributed by atoms with Crippen molar-refractivity contribution in [3.8, 4) is 5.69 Å². The topological polar surface area (TPSA) is 50.5 Å². The zero-order chi connectivity index (χ0) is 20.1. The van der Waals surface area contributed by atoms with Crippen LogP contribution in [0.15, 0.2) is 70.9 Å². The number of carbonyl (C=O) groups is 1. The van der Waals surface area contributed by atoms with E-state index in [0.29, 0.717) is 6.04 Å². The summed E-state index contributed by atoms with van der Waals surface area (Å²) in [5.74, 6) is 0.152. The van der Waals surface area contributed by atoms with Crippen LogP contribution in [-0.2, 0) is 0 Å². The molecule has 5 nitrogen and oxygen atoms in total. The van der Waals surface area contributed by atoms with Crippen molar-refractivity contribution in [3.05, 3.63) is 71.4 Å². The molecule has 0 saturated heterocycles. The minimum atomic E-state index is 0.152. The zero-order valence-electron chi connectivity index (χ0n) is 16.9. The van der Waals surface area contributed by atoms with Crippen LogP contribution in [0.3, 0.4) is 0 Å². The van der Waals surface area contributed by atoms with Gasteiger partial charge in [-0.15, -0.1) is 0 Å². The third kappa shape index (κ3) is 2.88. The highest BCUT2D eigenvalue weighted by Gasteiger charge is 2.40. The number of para-hydroxylation sites is 1. The molecule has 1 amide bonds. The molecule has 1 atom stereocenters. The lowest BCUT2D eigenvalue weighted by atomic mass is 9.88. The molecule has 2 aliphatic carbocycles. The Morgan fingerprint density at radius 1 is 1.00 bits per heavy atom. The summed E-state index contributed by atoms with van der Waals surface area (Å²) in [7, 11) is 0. The first-order valence-corrected chi connectivity index (χ1v) is 10.8. The highest BCUT2D eigenvalue weighted by molar-refractivity contribution is 6.06. The summed E-state index contributed by atoms with van der Waals surface area (Å²) in [5, 5.41) is 5.53. The SMILES string of the molecule is O=C(c1cccc2c1cnn2-c1ccccc1)N(C1CC1)C1CCC2=C(C=NC2)C1. The van der Waals surface area contributed by atoms with E-state index in [4.69, 9.17) is 0 Å². The number of benzene rings is 2. The van der Waals surface area contributed by atoms with E-state index in [2.05, 4.69) is 15.0 Å². The van der Waals surface area contributed by atoms with E-state index in [1.807, 2.05) is 65.6 Å². The van der Waals surface area contributed by atoms with Gasteiger partial charge in [0.2, 0.25) is 0 Å². The summed E-state index contributed by atoms with van der Waals surface area (Å²) in [5.41, 5.74) is 5.57. The number of aliphatic imine (C=N–C) groups is 1. The fraction of sp³-hybridized carbons (Fsp3) is 0.320. The second kappa shape index (κ2) is 6.94. The molecule has 0 N–H and O–H groups in total. The third-order valence-corrected chi connectivity index (χ3v) is 6.63. The molecule has 2 heterocycles. The van der Waals surface area contributed by atoms with E-state index in [1.165, 1.54) is 11.1 Å². The fourth-order valence-electron chi connectivity index (χ4n) is 4.96. The zero-order valence-corrected chi connectivity index (χ0v) is 16.9. The first-order chi connectivity index (χ1) is 14.8. The molecule has 2 aromatic carbocycles. The van der Waals surface area contributed by atoms with Gasteiger partial charge in [0.1, 0.15) is 0 Å². The van der Waals surface area contributed by atoms with Crippen LogP contribution in [0.1, 0.15) is 42.5 Å². The highest BCUT2D eigenvalue weighted by atomic mass is 16.2. The summed E-state index contributed by atoms with van der Waals surface area (Å²) in [6, 6.07) is 16.7. The Labute approximate surface area is 175 Å². The van der Waals surface area contributed by atoms with Gasteiger partial charge in [0, 0.05) is 23.7 Å². The van der Waals surface area contributed by atoms with Gasteiger partial charge in [-0.3, -0.25) is 9.79 Å². The molecule has 1 fully saturated rings. The maximum atomic E-state index is 13.8. The lowest BCUT2D eigenvalue weighted by Gasteiger charge is -2.35. The lowest BCUT2D eigenvalue weighted by Crippen LogP contribution is -2.43. The summed E-state index contributed by atoms with van der Waals surface area (Å²) in [6.45, 7) is 0.859. The molecule has 1 aliphatic heterocycles. The molecule has 0 spiro atoms. The van der Waals surface area contributed by atoms with Crippen LogP contribution in [0.5, 0.6) is 0 Å². The van der Waals surface area contributed by atoms with Crippen molar-refractivity contribution in [3.63, 3.8) is 0 Å². The van der Waals surface area contributed by atoms with Crippen molar-refractivity contribution < 1.29 is 4.79 Å². The molecule has 5 heteroatoms. The van der Waals surface area contributed by atoms with Crippen LogP contribution in [0, 0.1) is 0 Å². The predicted molar refractivity (Wildman–Crippen MR) is 118 cm³/mol. The fourth-order valence-corrected chi connectivity index (χ4v) is 4.96. The summed E-state index contributed by atoms with van der Waals surface area (Å²) < 4.78 is 1.92. The van der Waals surface area contributed by atoms with Gasteiger partial charge in [-0.2, -0.15) is 5.10 Å². The van der Waals surface area contributed by atoms with Crippen LogP contribution in [0.4, 0.5) is 0 Å². The molecule has 6 rings (SSSR count). The molecular formula is C25H24N4O. The Kier molecular flexibility index (Phi) is 4.08. The van der Waals surface area contributed by atoms with E-state index in [-0.39, 0.29) is 11.9 Å². The minimum Gasteiger partial charge on any atom is -0.332 e. The summed E-state index contributed by atoms with van der Waals surface area (Å²) >= 11 is 0. The number of amides is 1. The lowest BCUT2D eigenvalue weighted by molar-refractivity contribution is 0.0647. The molecule has 0 bridgehead atoms. The van der Waals surface area contributed by atoms with Crippen LogP contribution in [-0.4, -0.2) is 45.4 Å². The summed E-state index contributed by atoms with van der Waals surface area (Å²) in [4.78, 5) is 20.4.